The molecule has 0 amide bonds. The van der Waals surface area contributed by atoms with Gasteiger partial charge in [0.2, 0.25) is 0 Å². The average molecular weight is 472 g/mol. The predicted molar refractivity (Wildman–Crippen MR) is 156 cm³/mol. The molecule has 0 aliphatic heterocycles. The van der Waals surface area contributed by atoms with Gasteiger partial charge in [-0.15, -0.1) is 0 Å². The van der Waals surface area contributed by atoms with Gasteiger partial charge in [-0.2, -0.15) is 0 Å². The topological polar surface area (TPSA) is 12.9 Å². The highest BCUT2D eigenvalue weighted by molar-refractivity contribution is 6.25. The van der Waals surface area contributed by atoms with E-state index in [1.54, 1.807) is 0 Å². The van der Waals surface area contributed by atoms with Gasteiger partial charge < -0.3 is 0 Å². The Labute approximate surface area is 216 Å². The molecule has 0 saturated carbocycles. The molecular weight excluding hydrogens is 446 g/mol. The van der Waals surface area contributed by atoms with E-state index in [-0.39, 0.29) is 5.92 Å². The van der Waals surface area contributed by atoms with E-state index >= 15 is 0 Å². The minimum absolute atomic E-state index is 0.171. The van der Waals surface area contributed by atoms with Crippen molar-refractivity contribution >= 4 is 32.3 Å². The maximum atomic E-state index is 4.23. The second-order valence-electron chi connectivity index (χ2n) is 9.60. The lowest BCUT2D eigenvalue weighted by Gasteiger charge is -2.19. The normalized spacial score (nSPS) is 12.2. The van der Waals surface area contributed by atoms with Crippen LogP contribution in [0.3, 0.4) is 0 Å². The molecule has 0 radical (unpaired) electrons. The van der Waals surface area contributed by atoms with Gasteiger partial charge >= 0.3 is 0 Å². The molecule has 7 rings (SSSR count). The summed E-state index contributed by atoms with van der Waals surface area (Å²) >= 11 is 0. The molecule has 1 aromatic heterocycles. The van der Waals surface area contributed by atoms with Crippen molar-refractivity contribution in [2.45, 2.75) is 5.92 Å². The smallest absolute Gasteiger partial charge is 0.0341 e. The molecule has 174 valence electrons. The van der Waals surface area contributed by atoms with Gasteiger partial charge in [-0.3, -0.25) is 4.98 Å². The fourth-order valence-corrected chi connectivity index (χ4v) is 5.73. The molecule has 1 unspecified atom stereocenters. The highest BCUT2D eigenvalue weighted by Crippen LogP contribution is 2.38. The Morgan fingerprint density at radius 1 is 0.351 bits per heavy atom. The van der Waals surface area contributed by atoms with Crippen LogP contribution < -0.4 is 0 Å². The molecule has 0 saturated heterocycles. The molecule has 1 heterocycles. The lowest BCUT2D eigenvalue weighted by molar-refractivity contribution is 0.971. The van der Waals surface area contributed by atoms with Gasteiger partial charge in [-0.05, 0) is 78.3 Å². The Balaban J connectivity index is 1.35. The van der Waals surface area contributed by atoms with E-state index in [1.165, 1.54) is 60.1 Å². The van der Waals surface area contributed by atoms with Crippen molar-refractivity contribution in [3.8, 4) is 11.1 Å². The van der Waals surface area contributed by atoms with E-state index in [1.807, 2.05) is 12.4 Å². The lowest BCUT2D eigenvalue weighted by atomic mass is 9.85. The van der Waals surface area contributed by atoms with Crippen molar-refractivity contribution in [3.05, 3.63) is 163 Å². The number of nitrogens with zero attached hydrogens (tertiary/aromatic N) is 1. The summed E-state index contributed by atoms with van der Waals surface area (Å²) in [6.07, 6.45) is 3.76. The van der Waals surface area contributed by atoms with Crippen molar-refractivity contribution in [1.82, 2.24) is 4.98 Å². The third-order valence-corrected chi connectivity index (χ3v) is 7.49. The van der Waals surface area contributed by atoms with Gasteiger partial charge in [0.1, 0.15) is 0 Å². The van der Waals surface area contributed by atoms with Gasteiger partial charge in [-0.25, -0.2) is 0 Å². The van der Waals surface area contributed by atoms with E-state index < -0.39 is 0 Å². The molecule has 0 N–H and O–H groups in total. The number of pyridine rings is 1. The number of rotatable bonds is 4. The fourth-order valence-electron chi connectivity index (χ4n) is 5.73. The van der Waals surface area contributed by atoms with Crippen LogP contribution in [0.2, 0.25) is 0 Å². The summed E-state index contributed by atoms with van der Waals surface area (Å²) in [6.45, 7) is 0. The first-order valence-corrected chi connectivity index (χ1v) is 12.8. The predicted octanol–water partition coefficient (Wildman–Crippen LogP) is 9.39. The number of aromatic nitrogens is 1. The Hall–Kier alpha value is -4.75. The summed E-state index contributed by atoms with van der Waals surface area (Å²) in [5.41, 5.74) is 6.27. The maximum absolute atomic E-state index is 4.23. The summed E-state index contributed by atoms with van der Waals surface area (Å²) in [5, 5.41) is 7.83. The number of benzene rings is 6. The first kappa shape index (κ1) is 21.5. The van der Waals surface area contributed by atoms with Gasteiger partial charge in [-0.1, -0.05) is 115 Å². The Bertz CT molecular complexity index is 1780. The second-order valence-corrected chi connectivity index (χ2v) is 9.60. The Morgan fingerprint density at radius 3 is 1.43 bits per heavy atom. The first-order chi connectivity index (χ1) is 18.4. The quantitative estimate of drug-likeness (QED) is 0.233. The van der Waals surface area contributed by atoms with Crippen LogP contribution >= 0.6 is 0 Å². The largest absolute Gasteiger partial charge is 0.265 e. The summed E-state index contributed by atoms with van der Waals surface area (Å²) < 4.78 is 0. The molecule has 0 fully saturated rings. The minimum Gasteiger partial charge on any atom is -0.265 e. The van der Waals surface area contributed by atoms with Crippen molar-refractivity contribution in [1.29, 1.82) is 0 Å². The summed E-state index contributed by atoms with van der Waals surface area (Å²) in [4.78, 5) is 4.23. The van der Waals surface area contributed by atoms with Gasteiger partial charge in [0.05, 0.1) is 0 Å². The fraction of sp³-hybridized carbons (Fsp3) is 0.0278. The van der Waals surface area contributed by atoms with Crippen LogP contribution in [0.25, 0.3) is 43.4 Å². The molecule has 0 bridgehead atoms. The standard InChI is InChI=1S/C36H25N/c1-2-8-26(9-3-1)36(28-20-22-37-23-21-28)27-16-14-25(15-17-27)29-18-19-34-32-12-5-4-10-30(32)31-11-6-7-13-33(31)35(34)24-29/h1-24,36H. The van der Waals surface area contributed by atoms with Gasteiger partial charge in [0.25, 0.3) is 0 Å². The third kappa shape index (κ3) is 3.77. The SMILES string of the molecule is c1ccc(C(c2ccncc2)c2ccc(-c3ccc4c5ccccc5c5ccccc5c4c3)cc2)cc1. The Morgan fingerprint density at radius 2 is 0.811 bits per heavy atom. The van der Waals surface area contributed by atoms with Gasteiger partial charge in [0, 0.05) is 18.3 Å². The van der Waals surface area contributed by atoms with Crippen LogP contribution in [0.1, 0.15) is 22.6 Å². The van der Waals surface area contributed by atoms with Crippen molar-refractivity contribution in [3.63, 3.8) is 0 Å². The zero-order valence-corrected chi connectivity index (χ0v) is 20.4. The highest BCUT2D eigenvalue weighted by Gasteiger charge is 2.17. The third-order valence-electron chi connectivity index (χ3n) is 7.49. The van der Waals surface area contributed by atoms with Crippen LogP contribution in [0.5, 0.6) is 0 Å². The number of fused-ring (bicyclic) bond motifs is 6. The van der Waals surface area contributed by atoms with Crippen molar-refractivity contribution in [2.24, 2.45) is 0 Å². The van der Waals surface area contributed by atoms with Crippen LogP contribution in [0, 0.1) is 0 Å². The summed E-state index contributed by atoms with van der Waals surface area (Å²) in [6, 6.07) is 48.4. The molecular formula is C36H25N. The van der Waals surface area contributed by atoms with Gasteiger partial charge in [0.15, 0.2) is 0 Å². The highest BCUT2D eigenvalue weighted by atomic mass is 14.6. The maximum Gasteiger partial charge on any atom is 0.0341 e. The summed E-state index contributed by atoms with van der Waals surface area (Å²) in [7, 11) is 0. The average Bonchev–Trinajstić information content (AvgIpc) is 2.99. The molecule has 0 aliphatic rings. The van der Waals surface area contributed by atoms with E-state index in [0.29, 0.717) is 0 Å². The molecule has 1 atom stereocenters. The molecule has 1 heteroatoms. The molecule has 7 aromatic rings. The molecule has 0 spiro atoms. The zero-order valence-electron chi connectivity index (χ0n) is 20.4. The van der Waals surface area contributed by atoms with Crippen LogP contribution in [0.4, 0.5) is 0 Å². The lowest BCUT2D eigenvalue weighted by Crippen LogP contribution is -2.03. The Kier molecular flexibility index (Phi) is 5.26. The zero-order chi connectivity index (χ0) is 24.6. The number of hydrogen-bond acceptors (Lipinski definition) is 1. The minimum atomic E-state index is 0.171. The molecule has 1 nitrogen and oxygen atoms in total. The van der Waals surface area contributed by atoms with Crippen LogP contribution in [-0.4, -0.2) is 4.98 Å². The number of hydrogen-bond donors (Lipinski definition) is 0. The molecule has 0 aliphatic carbocycles. The second kappa shape index (κ2) is 9.04. The molecule has 6 aromatic carbocycles. The monoisotopic (exact) mass is 471 g/mol. The van der Waals surface area contributed by atoms with E-state index in [0.717, 1.165) is 0 Å². The van der Waals surface area contributed by atoms with Crippen molar-refractivity contribution in [2.75, 3.05) is 0 Å². The van der Waals surface area contributed by atoms with E-state index in [4.69, 9.17) is 0 Å². The summed E-state index contributed by atoms with van der Waals surface area (Å²) in [5.74, 6) is 0.171. The van der Waals surface area contributed by atoms with Crippen LogP contribution in [-0.2, 0) is 0 Å². The van der Waals surface area contributed by atoms with E-state index in [9.17, 15) is 0 Å². The first-order valence-electron chi connectivity index (χ1n) is 12.8. The van der Waals surface area contributed by atoms with E-state index in [2.05, 4.69) is 138 Å². The molecule has 37 heavy (non-hydrogen) atoms. The van der Waals surface area contributed by atoms with Crippen LogP contribution in [0.15, 0.2) is 146 Å². The van der Waals surface area contributed by atoms with Crippen molar-refractivity contribution < 1.29 is 0 Å².